The van der Waals surface area contributed by atoms with Crippen LogP contribution >= 0.6 is 0 Å². The van der Waals surface area contributed by atoms with E-state index in [-0.39, 0.29) is 6.54 Å². The Morgan fingerprint density at radius 2 is 2.06 bits per heavy atom. The van der Waals surface area contributed by atoms with Crippen LogP contribution < -0.4 is 10.5 Å². The number of hydrogen-bond acceptors (Lipinski definition) is 3. The van der Waals surface area contributed by atoms with Gasteiger partial charge in [-0.1, -0.05) is 25.1 Å². The van der Waals surface area contributed by atoms with Crippen LogP contribution in [0.4, 0.5) is 4.39 Å². The number of benzene rings is 1. The van der Waals surface area contributed by atoms with E-state index in [0.717, 1.165) is 23.9 Å². The summed E-state index contributed by atoms with van der Waals surface area (Å²) < 4.78 is 18.8. The quantitative estimate of drug-likeness (QED) is 0.902. The van der Waals surface area contributed by atoms with E-state index in [0.29, 0.717) is 11.4 Å². The molecule has 0 unspecified atom stereocenters. The molecule has 1 aromatic heterocycles. The van der Waals surface area contributed by atoms with Crippen LogP contribution in [0.15, 0.2) is 36.5 Å². The second-order valence-corrected chi connectivity index (χ2v) is 3.89. The van der Waals surface area contributed by atoms with Crippen LogP contribution in [0.5, 0.6) is 11.6 Å². The molecular formula is C14H15FN2O. The number of rotatable bonds is 4. The zero-order valence-corrected chi connectivity index (χ0v) is 10.2. The summed E-state index contributed by atoms with van der Waals surface area (Å²) in [4.78, 5) is 3.94. The number of halogens is 1. The maximum atomic E-state index is 13.0. The van der Waals surface area contributed by atoms with Crippen LogP contribution in [0.2, 0.25) is 0 Å². The van der Waals surface area contributed by atoms with Crippen LogP contribution in [-0.4, -0.2) is 4.98 Å². The van der Waals surface area contributed by atoms with Gasteiger partial charge in [-0.15, -0.1) is 0 Å². The first-order valence-corrected chi connectivity index (χ1v) is 5.84. The highest BCUT2D eigenvalue weighted by Crippen LogP contribution is 2.26. The van der Waals surface area contributed by atoms with Gasteiger partial charge in [0.25, 0.3) is 0 Å². The SMILES string of the molecule is CCc1ccccc1Oc1ncc(F)cc1CN. The van der Waals surface area contributed by atoms with Crippen molar-refractivity contribution >= 4 is 0 Å². The molecule has 0 radical (unpaired) electrons. The third-order valence-corrected chi connectivity index (χ3v) is 2.67. The molecule has 4 heteroatoms. The molecule has 2 aromatic rings. The Hall–Kier alpha value is -1.94. The first-order chi connectivity index (χ1) is 8.74. The predicted octanol–water partition coefficient (Wildman–Crippen LogP) is 3.03. The van der Waals surface area contributed by atoms with Gasteiger partial charge >= 0.3 is 0 Å². The minimum atomic E-state index is -0.411. The van der Waals surface area contributed by atoms with Gasteiger partial charge in [-0.2, -0.15) is 0 Å². The molecule has 0 aliphatic heterocycles. The first-order valence-electron chi connectivity index (χ1n) is 5.84. The molecule has 94 valence electrons. The van der Waals surface area contributed by atoms with Crippen molar-refractivity contribution in [3.63, 3.8) is 0 Å². The van der Waals surface area contributed by atoms with Crippen molar-refractivity contribution < 1.29 is 9.13 Å². The molecule has 0 saturated carbocycles. The largest absolute Gasteiger partial charge is 0.438 e. The van der Waals surface area contributed by atoms with Gasteiger partial charge in [-0.25, -0.2) is 9.37 Å². The Morgan fingerprint density at radius 1 is 1.28 bits per heavy atom. The van der Waals surface area contributed by atoms with Crippen molar-refractivity contribution in [3.8, 4) is 11.6 Å². The van der Waals surface area contributed by atoms with Gasteiger partial charge in [-0.05, 0) is 24.1 Å². The second-order valence-electron chi connectivity index (χ2n) is 3.89. The third kappa shape index (κ3) is 2.65. The monoisotopic (exact) mass is 246 g/mol. The van der Waals surface area contributed by atoms with Gasteiger partial charge in [0.1, 0.15) is 11.6 Å². The Balaban J connectivity index is 2.33. The summed E-state index contributed by atoms with van der Waals surface area (Å²) in [5.74, 6) is 0.681. The summed E-state index contributed by atoms with van der Waals surface area (Å²) in [5, 5.41) is 0. The van der Waals surface area contributed by atoms with Crippen molar-refractivity contribution in [1.82, 2.24) is 4.98 Å². The molecule has 0 aliphatic rings. The predicted molar refractivity (Wildman–Crippen MR) is 68.0 cm³/mol. The standard InChI is InChI=1S/C14H15FN2O/c1-2-10-5-3-4-6-13(10)18-14-11(8-16)7-12(15)9-17-14/h3-7,9H,2,8,16H2,1H3. The average molecular weight is 246 g/mol. The molecule has 1 aromatic carbocycles. The third-order valence-electron chi connectivity index (χ3n) is 2.67. The van der Waals surface area contributed by atoms with Crippen molar-refractivity contribution in [2.75, 3.05) is 0 Å². The molecule has 0 bridgehead atoms. The van der Waals surface area contributed by atoms with E-state index in [4.69, 9.17) is 10.5 Å². The summed E-state index contributed by atoms with van der Waals surface area (Å²) in [6, 6.07) is 9.04. The molecule has 0 saturated heterocycles. The number of aryl methyl sites for hydroxylation is 1. The van der Waals surface area contributed by atoms with E-state index in [1.165, 1.54) is 6.07 Å². The number of pyridine rings is 1. The molecule has 3 nitrogen and oxygen atoms in total. The van der Waals surface area contributed by atoms with E-state index in [2.05, 4.69) is 4.98 Å². The fourth-order valence-corrected chi connectivity index (χ4v) is 1.71. The fraction of sp³-hybridized carbons (Fsp3) is 0.214. The van der Waals surface area contributed by atoms with E-state index in [1.807, 2.05) is 31.2 Å². The van der Waals surface area contributed by atoms with Crippen molar-refractivity contribution in [2.45, 2.75) is 19.9 Å². The Kier molecular flexibility index (Phi) is 3.89. The molecule has 0 spiro atoms. The lowest BCUT2D eigenvalue weighted by atomic mass is 10.1. The minimum absolute atomic E-state index is 0.189. The maximum Gasteiger partial charge on any atom is 0.223 e. The smallest absolute Gasteiger partial charge is 0.223 e. The molecule has 0 aliphatic carbocycles. The minimum Gasteiger partial charge on any atom is -0.438 e. The normalized spacial score (nSPS) is 10.4. The number of ether oxygens (including phenoxy) is 1. The second kappa shape index (κ2) is 5.60. The fourth-order valence-electron chi connectivity index (χ4n) is 1.71. The summed E-state index contributed by atoms with van der Waals surface area (Å²) in [6.07, 6.45) is 1.98. The average Bonchev–Trinajstić information content (AvgIpc) is 2.41. The van der Waals surface area contributed by atoms with Gasteiger partial charge in [0, 0.05) is 12.1 Å². The number of nitrogens with two attached hydrogens (primary N) is 1. The van der Waals surface area contributed by atoms with Crippen LogP contribution in [-0.2, 0) is 13.0 Å². The van der Waals surface area contributed by atoms with E-state index in [1.54, 1.807) is 0 Å². The molecule has 2 rings (SSSR count). The van der Waals surface area contributed by atoms with Crippen molar-refractivity contribution in [1.29, 1.82) is 0 Å². The van der Waals surface area contributed by atoms with Crippen LogP contribution in [0.3, 0.4) is 0 Å². The van der Waals surface area contributed by atoms with Gasteiger partial charge in [0.15, 0.2) is 0 Å². The molecule has 2 N–H and O–H groups in total. The molecule has 18 heavy (non-hydrogen) atoms. The number of nitrogens with zero attached hydrogens (tertiary/aromatic N) is 1. The van der Waals surface area contributed by atoms with Gasteiger partial charge in [0.2, 0.25) is 5.88 Å². The van der Waals surface area contributed by atoms with Crippen molar-refractivity contribution in [3.05, 3.63) is 53.5 Å². The molecule has 0 fully saturated rings. The van der Waals surface area contributed by atoms with Gasteiger partial charge in [-0.3, -0.25) is 0 Å². The van der Waals surface area contributed by atoms with Crippen LogP contribution in [0, 0.1) is 5.82 Å². The van der Waals surface area contributed by atoms with E-state index in [9.17, 15) is 4.39 Å². The van der Waals surface area contributed by atoms with E-state index < -0.39 is 5.82 Å². The summed E-state index contributed by atoms with van der Waals surface area (Å²) in [5.41, 5.74) is 7.19. The Bertz CT molecular complexity index is 543. The van der Waals surface area contributed by atoms with Gasteiger partial charge in [0.05, 0.1) is 6.20 Å². The molecule has 1 heterocycles. The summed E-state index contributed by atoms with van der Waals surface area (Å²) in [6.45, 7) is 2.23. The Labute approximate surface area is 105 Å². The molecular weight excluding hydrogens is 231 g/mol. The van der Waals surface area contributed by atoms with Crippen LogP contribution in [0.1, 0.15) is 18.1 Å². The highest BCUT2D eigenvalue weighted by Gasteiger charge is 2.09. The maximum absolute atomic E-state index is 13.0. The highest BCUT2D eigenvalue weighted by molar-refractivity contribution is 5.38. The first kappa shape index (κ1) is 12.5. The van der Waals surface area contributed by atoms with Gasteiger partial charge < -0.3 is 10.5 Å². The topological polar surface area (TPSA) is 48.1 Å². The lowest BCUT2D eigenvalue weighted by molar-refractivity contribution is 0.447. The lowest BCUT2D eigenvalue weighted by Gasteiger charge is -2.11. The molecule has 0 atom stereocenters. The highest BCUT2D eigenvalue weighted by atomic mass is 19.1. The van der Waals surface area contributed by atoms with Crippen molar-refractivity contribution in [2.24, 2.45) is 5.73 Å². The van der Waals surface area contributed by atoms with Crippen LogP contribution in [0.25, 0.3) is 0 Å². The zero-order valence-electron chi connectivity index (χ0n) is 10.2. The zero-order chi connectivity index (χ0) is 13.0. The number of hydrogen-bond donors (Lipinski definition) is 1. The van der Waals surface area contributed by atoms with E-state index >= 15 is 0 Å². The summed E-state index contributed by atoms with van der Waals surface area (Å²) in [7, 11) is 0. The summed E-state index contributed by atoms with van der Waals surface area (Å²) >= 11 is 0. The molecule has 0 amide bonds. The Morgan fingerprint density at radius 3 is 2.78 bits per heavy atom. The number of aromatic nitrogens is 1. The number of para-hydroxylation sites is 1. The lowest BCUT2D eigenvalue weighted by Crippen LogP contribution is -2.03.